The van der Waals surface area contributed by atoms with Gasteiger partial charge in [0.05, 0.1) is 6.61 Å². The van der Waals surface area contributed by atoms with Crippen LogP contribution in [0.25, 0.3) is 0 Å². The minimum Gasteiger partial charge on any atom is -0.459 e. The van der Waals surface area contributed by atoms with E-state index in [9.17, 15) is 9.59 Å². The van der Waals surface area contributed by atoms with Crippen LogP contribution in [-0.4, -0.2) is 39.9 Å². The first-order valence-corrected chi connectivity index (χ1v) is 5.34. The van der Waals surface area contributed by atoms with E-state index >= 15 is 0 Å². The van der Waals surface area contributed by atoms with E-state index in [0.29, 0.717) is 5.16 Å². The molecular weight excluding hydrogens is 220 g/mol. The van der Waals surface area contributed by atoms with E-state index in [0.717, 1.165) is 0 Å². The van der Waals surface area contributed by atoms with Gasteiger partial charge in [-0.05, 0) is 13.2 Å². The molecule has 1 amide bonds. The summed E-state index contributed by atoms with van der Waals surface area (Å²) in [4.78, 5) is 25.9. The summed E-state index contributed by atoms with van der Waals surface area (Å²) in [6.45, 7) is 1.77. The molecule has 1 aromatic rings. The molecule has 1 aromatic heterocycles. The molecule has 1 heterocycles. The number of amides is 1. The summed E-state index contributed by atoms with van der Waals surface area (Å²) >= 11 is 1.31. The molecule has 0 atom stereocenters. The SMILES string of the molecule is CCOC(=O)C(=O)Nc1nc(SC)n[nH]1. The van der Waals surface area contributed by atoms with Gasteiger partial charge in [-0.1, -0.05) is 11.8 Å². The van der Waals surface area contributed by atoms with Crippen molar-refractivity contribution in [3.8, 4) is 0 Å². The molecule has 1 rings (SSSR count). The molecule has 0 bridgehead atoms. The highest BCUT2D eigenvalue weighted by Crippen LogP contribution is 2.09. The van der Waals surface area contributed by atoms with Crippen molar-refractivity contribution in [3.05, 3.63) is 0 Å². The quantitative estimate of drug-likeness (QED) is 0.432. The molecule has 0 unspecified atom stereocenters. The second-order valence-corrected chi connectivity index (χ2v) is 3.12. The van der Waals surface area contributed by atoms with E-state index in [2.05, 4.69) is 25.2 Å². The van der Waals surface area contributed by atoms with E-state index in [4.69, 9.17) is 0 Å². The Morgan fingerprint density at radius 2 is 2.33 bits per heavy atom. The molecule has 0 aliphatic carbocycles. The zero-order valence-electron chi connectivity index (χ0n) is 8.23. The first kappa shape index (κ1) is 11.5. The average Bonchev–Trinajstić information content (AvgIpc) is 2.66. The number of thioether (sulfide) groups is 1. The highest BCUT2D eigenvalue weighted by Gasteiger charge is 2.16. The summed E-state index contributed by atoms with van der Waals surface area (Å²) in [5, 5.41) is 8.92. The largest absolute Gasteiger partial charge is 0.459 e. The van der Waals surface area contributed by atoms with Gasteiger partial charge in [0, 0.05) is 0 Å². The van der Waals surface area contributed by atoms with Gasteiger partial charge in [0.2, 0.25) is 11.1 Å². The number of carbonyl (C=O) groups is 2. The Morgan fingerprint density at radius 1 is 1.60 bits per heavy atom. The van der Waals surface area contributed by atoms with Crippen molar-refractivity contribution in [1.82, 2.24) is 15.2 Å². The number of carbonyl (C=O) groups excluding carboxylic acids is 2. The second kappa shape index (κ2) is 5.35. The molecule has 0 saturated heterocycles. The fourth-order valence-electron chi connectivity index (χ4n) is 0.749. The monoisotopic (exact) mass is 230 g/mol. The van der Waals surface area contributed by atoms with E-state index in [1.807, 2.05) is 0 Å². The van der Waals surface area contributed by atoms with E-state index in [1.54, 1.807) is 13.2 Å². The van der Waals surface area contributed by atoms with E-state index in [-0.39, 0.29) is 12.6 Å². The van der Waals surface area contributed by atoms with Crippen molar-refractivity contribution >= 4 is 29.6 Å². The first-order chi connectivity index (χ1) is 7.17. The number of aromatic amines is 1. The Labute approximate surface area is 90.0 Å². The van der Waals surface area contributed by atoms with Crippen LogP contribution in [0.1, 0.15) is 6.92 Å². The number of ether oxygens (including phenoxy) is 1. The van der Waals surface area contributed by atoms with Gasteiger partial charge >= 0.3 is 11.9 Å². The van der Waals surface area contributed by atoms with Crippen molar-refractivity contribution in [2.75, 3.05) is 18.2 Å². The number of nitrogens with zero attached hydrogens (tertiary/aromatic N) is 2. The molecule has 0 saturated carbocycles. The lowest BCUT2D eigenvalue weighted by atomic mass is 10.6. The molecule has 0 radical (unpaired) electrons. The Bertz CT molecular complexity index is 365. The maximum atomic E-state index is 11.1. The van der Waals surface area contributed by atoms with Gasteiger partial charge in [-0.15, -0.1) is 5.10 Å². The average molecular weight is 230 g/mol. The fraction of sp³-hybridized carbons (Fsp3) is 0.429. The number of hydrogen-bond acceptors (Lipinski definition) is 6. The molecule has 0 fully saturated rings. The summed E-state index contributed by atoms with van der Waals surface area (Å²) in [6, 6.07) is 0. The summed E-state index contributed by atoms with van der Waals surface area (Å²) < 4.78 is 4.49. The van der Waals surface area contributed by atoms with Crippen molar-refractivity contribution < 1.29 is 14.3 Å². The number of nitrogens with one attached hydrogen (secondary N) is 2. The second-order valence-electron chi connectivity index (χ2n) is 2.35. The van der Waals surface area contributed by atoms with Crippen molar-refractivity contribution in [3.63, 3.8) is 0 Å². The number of rotatable bonds is 3. The van der Waals surface area contributed by atoms with Gasteiger partial charge in [0.25, 0.3) is 0 Å². The predicted molar refractivity (Wildman–Crippen MR) is 53.4 cm³/mol. The maximum absolute atomic E-state index is 11.1. The van der Waals surface area contributed by atoms with Crippen LogP contribution in [0, 0.1) is 0 Å². The molecule has 0 aromatic carbocycles. The van der Waals surface area contributed by atoms with Crippen LogP contribution in [-0.2, 0) is 14.3 Å². The standard InChI is InChI=1S/C7H10N4O3S/c1-3-14-5(13)4(12)8-6-9-7(15-2)11-10-6/h3H2,1-2H3,(H2,8,9,10,11,12). The van der Waals surface area contributed by atoms with Crippen LogP contribution in [0.2, 0.25) is 0 Å². The third kappa shape index (κ3) is 3.24. The molecule has 82 valence electrons. The van der Waals surface area contributed by atoms with Gasteiger partial charge < -0.3 is 4.74 Å². The highest BCUT2D eigenvalue weighted by molar-refractivity contribution is 7.98. The highest BCUT2D eigenvalue weighted by atomic mass is 32.2. The van der Waals surface area contributed by atoms with Crippen LogP contribution >= 0.6 is 11.8 Å². The van der Waals surface area contributed by atoms with E-state index in [1.165, 1.54) is 11.8 Å². The molecule has 2 N–H and O–H groups in total. The Balaban J connectivity index is 2.54. The summed E-state index contributed by atoms with van der Waals surface area (Å²) in [5.74, 6) is -1.70. The van der Waals surface area contributed by atoms with Crippen LogP contribution in [0.3, 0.4) is 0 Å². The van der Waals surface area contributed by atoms with Crippen LogP contribution in [0.15, 0.2) is 5.16 Å². The summed E-state index contributed by atoms with van der Waals surface area (Å²) in [5.41, 5.74) is 0. The van der Waals surface area contributed by atoms with Crippen LogP contribution in [0.4, 0.5) is 5.95 Å². The molecule has 0 spiro atoms. The van der Waals surface area contributed by atoms with Crippen LogP contribution < -0.4 is 5.32 Å². The van der Waals surface area contributed by atoms with E-state index < -0.39 is 11.9 Å². The topological polar surface area (TPSA) is 97.0 Å². The smallest absolute Gasteiger partial charge is 0.397 e. The van der Waals surface area contributed by atoms with Crippen LogP contribution in [0.5, 0.6) is 0 Å². The minimum absolute atomic E-state index is 0.123. The van der Waals surface area contributed by atoms with Crippen molar-refractivity contribution in [2.45, 2.75) is 12.1 Å². The van der Waals surface area contributed by atoms with Gasteiger partial charge in [0.1, 0.15) is 0 Å². The number of esters is 1. The zero-order chi connectivity index (χ0) is 11.3. The Hall–Kier alpha value is -1.57. The Kier molecular flexibility index (Phi) is 4.10. The summed E-state index contributed by atoms with van der Waals surface area (Å²) in [6.07, 6.45) is 1.79. The number of anilines is 1. The molecule has 0 aliphatic rings. The lowest BCUT2D eigenvalue weighted by Crippen LogP contribution is -2.25. The number of aromatic nitrogens is 3. The molecule has 7 nitrogen and oxygen atoms in total. The summed E-state index contributed by atoms with van der Waals surface area (Å²) in [7, 11) is 0. The Morgan fingerprint density at radius 3 is 2.87 bits per heavy atom. The lowest BCUT2D eigenvalue weighted by molar-refractivity contribution is -0.152. The molecule has 15 heavy (non-hydrogen) atoms. The van der Waals surface area contributed by atoms with Gasteiger partial charge in [-0.2, -0.15) is 4.98 Å². The van der Waals surface area contributed by atoms with Crippen molar-refractivity contribution in [2.24, 2.45) is 0 Å². The molecular formula is C7H10N4O3S. The first-order valence-electron chi connectivity index (χ1n) is 4.11. The lowest BCUT2D eigenvalue weighted by Gasteiger charge is -1.99. The third-order valence-electron chi connectivity index (χ3n) is 1.34. The van der Waals surface area contributed by atoms with Gasteiger partial charge in [-0.25, -0.2) is 9.89 Å². The zero-order valence-corrected chi connectivity index (χ0v) is 9.05. The molecule has 0 aliphatic heterocycles. The third-order valence-corrected chi connectivity index (χ3v) is 1.89. The fourth-order valence-corrected chi connectivity index (χ4v) is 1.07. The van der Waals surface area contributed by atoms with Gasteiger partial charge in [0.15, 0.2) is 0 Å². The maximum Gasteiger partial charge on any atom is 0.397 e. The van der Waals surface area contributed by atoms with Gasteiger partial charge in [-0.3, -0.25) is 10.1 Å². The predicted octanol–water partition coefficient (Wildman–Crippen LogP) is 0.0282. The normalized spacial score (nSPS) is 9.73. The number of H-pyrrole nitrogens is 1. The minimum atomic E-state index is -0.945. The van der Waals surface area contributed by atoms with Crippen molar-refractivity contribution in [1.29, 1.82) is 0 Å². The molecule has 8 heteroatoms. The number of hydrogen-bond donors (Lipinski definition) is 2.